The monoisotopic (exact) mass is 539 g/mol. The molecule has 0 aliphatic carbocycles. The van der Waals surface area contributed by atoms with E-state index in [-0.39, 0.29) is 17.9 Å². The molecule has 1 unspecified atom stereocenters. The average molecular weight is 540 g/mol. The maximum Gasteiger partial charge on any atom is 0.297 e. The van der Waals surface area contributed by atoms with Crippen molar-refractivity contribution in [3.05, 3.63) is 122 Å². The Morgan fingerprint density at radius 1 is 1.03 bits per heavy atom. The number of carbonyl (C=O) groups is 2. The molecule has 2 amide bonds. The summed E-state index contributed by atoms with van der Waals surface area (Å²) in [5.74, 6) is -1.14. The summed E-state index contributed by atoms with van der Waals surface area (Å²) in [6, 6.07) is 19.7. The number of hydrogen-bond acceptors (Lipinski definition) is 6. The van der Waals surface area contributed by atoms with Crippen LogP contribution in [0.2, 0.25) is 5.02 Å². The summed E-state index contributed by atoms with van der Waals surface area (Å²) in [5.41, 5.74) is 0.995. The maximum atomic E-state index is 14.7. The largest absolute Gasteiger partial charge is 0.450 e. The van der Waals surface area contributed by atoms with Gasteiger partial charge in [-0.05, 0) is 42.8 Å². The zero-order chi connectivity index (χ0) is 26.2. The molecule has 0 saturated heterocycles. The van der Waals surface area contributed by atoms with Crippen LogP contribution in [0, 0.1) is 6.92 Å². The number of aromatic nitrogens is 1. The number of rotatable bonds is 3. The van der Waals surface area contributed by atoms with Crippen molar-refractivity contribution in [3.63, 3.8) is 0 Å². The van der Waals surface area contributed by atoms with Gasteiger partial charge in [0.05, 0.1) is 23.2 Å². The smallest absolute Gasteiger partial charge is 0.297 e. The van der Waals surface area contributed by atoms with Gasteiger partial charge in [0, 0.05) is 22.2 Å². The van der Waals surface area contributed by atoms with Crippen LogP contribution in [0.1, 0.15) is 32.8 Å². The van der Waals surface area contributed by atoms with Crippen molar-refractivity contribution in [1.82, 2.24) is 4.98 Å². The minimum absolute atomic E-state index is 0.0202. The summed E-state index contributed by atoms with van der Waals surface area (Å²) in [5, 5.41) is 2.94. The van der Waals surface area contributed by atoms with Crippen molar-refractivity contribution >= 4 is 56.5 Å². The van der Waals surface area contributed by atoms with Crippen molar-refractivity contribution in [1.29, 1.82) is 0 Å². The molecule has 0 radical (unpaired) electrons. The first-order chi connectivity index (χ1) is 18.4. The van der Waals surface area contributed by atoms with Gasteiger partial charge in [0.15, 0.2) is 16.1 Å². The third-order valence-electron chi connectivity index (χ3n) is 7.14. The molecule has 0 saturated carbocycles. The highest BCUT2D eigenvalue weighted by Crippen LogP contribution is 2.54. The zero-order valence-corrected chi connectivity index (χ0v) is 21.5. The first-order valence-corrected chi connectivity index (χ1v) is 13.1. The summed E-state index contributed by atoms with van der Waals surface area (Å²) in [4.78, 5) is 50.3. The van der Waals surface area contributed by atoms with Gasteiger partial charge in [-0.15, -0.1) is 11.3 Å². The summed E-state index contributed by atoms with van der Waals surface area (Å²) < 4.78 is 6.10. The number of para-hydroxylation sites is 1. The van der Waals surface area contributed by atoms with Crippen LogP contribution >= 0.6 is 22.9 Å². The number of amides is 2. The fourth-order valence-electron chi connectivity index (χ4n) is 5.53. The molecule has 0 bridgehead atoms. The third kappa shape index (κ3) is 2.95. The van der Waals surface area contributed by atoms with Crippen LogP contribution in [0.4, 0.5) is 10.8 Å². The van der Waals surface area contributed by atoms with E-state index < -0.39 is 22.8 Å². The molecule has 5 aromatic rings. The Labute approximate surface area is 225 Å². The van der Waals surface area contributed by atoms with E-state index in [0.717, 1.165) is 11.1 Å². The Kier molecular flexibility index (Phi) is 4.89. The van der Waals surface area contributed by atoms with Crippen LogP contribution in [0.15, 0.2) is 87.5 Å². The lowest BCUT2D eigenvalue weighted by Gasteiger charge is -2.32. The molecule has 7 nitrogen and oxygen atoms in total. The van der Waals surface area contributed by atoms with E-state index in [1.807, 2.05) is 37.3 Å². The lowest BCUT2D eigenvalue weighted by molar-refractivity contribution is -0.121. The molecule has 3 aromatic carbocycles. The molecule has 186 valence electrons. The van der Waals surface area contributed by atoms with Crippen molar-refractivity contribution in [2.45, 2.75) is 19.0 Å². The first kappa shape index (κ1) is 22.9. The van der Waals surface area contributed by atoms with Gasteiger partial charge in [-0.2, -0.15) is 0 Å². The first-order valence-electron chi connectivity index (χ1n) is 11.9. The van der Waals surface area contributed by atoms with Crippen LogP contribution in [0.25, 0.3) is 11.0 Å². The van der Waals surface area contributed by atoms with E-state index in [9.17, 15) is 14.4 Å². The number of anilines is 2. The van der Waals surface area contributed by atoms with Gasteiger partial charge in [-0.1, -0.05) is 53.6 Å². The maximum absolute atomic E-state index is 14.7. The summed E-state index contributed by atoms with van der Waals surface area (Å²) in [6.45, 7) is 2.10. The molecule has 38 heavy (non-hydrogen) atoms. The number of thiazole rings is 1. The fourth-order valence-corrected chi connectivity index (χ4v) is 6.35. The molecule has 1 atom stereocenters. The van der Waals surface area contributed by atoms with Crippen molar-refractivity contribution in [2.24, 2.45) is 0 Å². The number of hydrogen-bond donors (Lipinski definition) is 0. The Balaban J connectivity index is 1.55. The third-order valence-corrected chi connectivity index (χ3v) is 8.15. The second-order valence-electron chi connectivity index (χ2n) is 9.34. The van der Waals surface area contributed by atoms with E-state index in [4.69, 9.17) is 16.0 Å². The second-order valence-corrected chi connectivity index (χ2v) is 10.6. The molecule has 1 spiro atoms. The number of fused-ring (bicyclic) bond motifs is 5. The van der Waals surface area contributed by atoms with Crippen LogP contribution in [0.5, 0.6) is 0 Å². The lowest BCUT2D eigenvalue weighted by atomic mass is 9.84. The summed E-state index contributed by atoms with van der Waals surface area (Å²) in [6.07, 6.45) is 1.57. The van der Waals surface area contributed by atoms with E-state index in [1.165, 1.54) is 16.2 Å². The molecular weight excluding hydrogens is 522 g/mol. The van der Waals surface area contributed by atoms with Gasteiger partial charge >= 0.3 is 0 Å². The van der Waals surface area contributed by atoms with Crippen molar-refractivity contribution < 1.29 is 14.0 Å². The predicted molar refractivity (Wildman–Crippen MR) is 146 cm³/mol. The highest BCUT2D eigenvalue weighted by molar-refractivity contribution is 7.13. The van der Waals surface area contributed by atoms with Crippen LogP contribution in [0.3, 0.4) is 0 Å². The van der Waals surface area contributed by atoms with Crippen LogP contribution in [-0.4, -0.2) is 16.8 Å². The number of benzene rings is 3. The molecule has 7 rings (SSSR count). The minimum Gasteiger partial charge on any atom is -0.450 e. The standard InChI is InChI=1S/C29H18ClN3O4S/c1-16-6-11-22-19(14-16)24(34)23-25(37-22)26(35)33(28-31-12-13-38-28)29(23)20-4-2-3-5-21(20)32(27(29)36)15-17-7-9-18(30)10-8-17/h2-14H,15H2,1H3. The molecule has 2 aliphatic rings. The predicted octanol–water partition coefficient (Wildman–Crippen LogP) is 5.66. The molecule has 0 N–H and O–H groups in total. The Morgan fingerprint density at radius 2 is 1.82 bits per heavy atom. The fraction of sp³-hybridized carbons (Fsp3) is 0.103. The molecule has 0 fully saturated rings. The van der Waals surface area contributed by atoms with Crippen LogP contribution < -0.4 is 15.2 Å². The SMILES string of the molecule is Cc1ccc2oc3c(c(=O)c2c1)C1(C(=O)N(Cc2ccc(Cl)cc2)c2ccccc21)N(c1nccs1)C3=O. The van der Waals surface area contributed by atoms with Gasteiger partial charge in [-0.25, -0.2) is 4.98 Å². The van der Waals surface area contributed by atoms with Gasteiger partial charge in [0.2, 0.25) is 5.76 Å². The van der Waals surface area contributed by atoms with E-state index in [2.05, 4.69) is 4.98 Å². The Morgan fingerprint density at radius 3 is 2.58 bits per heavy atom. The van der Waals surface area contributed by atoms with Crippen molar-refractivity contribution in [3.8, 4) is 0 Å². The zero-order valence-electron chi connectivity index (χ0n) is 20.0. The number of carbonyl (C=O) groups excluding carboxylic acids is 2. The molecule has 9 heteroatoms. The topological polar surface area (TPSA) is 83.7 Å². The Hall–Kier alpha value is -4.27. The molecular formula is C29H18ClN3O4S. The number of halogens is 1. The molecule has 4 heterocycles. The van der Waals surface area contributed by atoms with Crippen molar-refractivity contribution in [2.75, 3.05) is 9.80 Å². The summed E-state index contributed by atoms with van der Waals surface area (Å²) >= 11 is 7.30. The van der Waals surface area contributed by atoms with Gasteiger partial charge in [-0.3, -0.25) is 19.3 Å². The summed E-state index contributed by atoms with van der Waals surface area (Å²) in [7, 11) is 0. The lowest BCUT2D eigenvalue weighted by Crippen LogP contribution is -2.53. The van der Waals surface area contributed by atoms with Gasteiger partial charge < -0.3 is 9.32 Å². The van der Waals surface area contributed by atoms with E-state index in [0.29, 0.717) is 32.4 Å². The van der Waals surface area contributed by atoms with Gasteiger partial charge in [0.1, 0.15) is 5.58 Å². The highest BCUT2D eigenvalue weighted by atomic mass is 35.5. The van der Waals surface area contributed by atoms with Crippen LogP contribution in [-0.2, 0) is 16.9 Å². The van der Waals surface area contributed by atoms with E-state index in [1.54, 1.807) is 52.9 Å². The minimum atomic E-state index is -1.76. The molecule has 2 aliphatic heterocycles. The second kappa shape index (κ2) is 8.11. The van der Waals surface area contributed by atoms with Gasteiger partial charge in [0.25, 0.3) is 11.8 Å². The average Bonchev–Trinajstić information content (AvgIpc) is 3.59. The number of aryl methyl sites for hydroxylation is 1. The Bertz CT molecular complexity index is 1850. The molecule has 2 aromatic heterocycles. The quantitative estimate of drug-likeness (QED) is 0.295. The highest BCUT2D eigenvalue weighted by Gasteiger charge is 2.66. The van der Waals surface area contributed by atoms with E-state index >= 15 is 0 Å². The number of nitrogens with zero attached hydrogens (tertiary/aromatic N) is 3. The normalized spacial score (nSPS) is 18.1.